The molecule has 0 radical (unpaired) electrons. The fraction of sp³-hybridized carbons (Fsp3) is 0.812. The lowest BCUT2D eigenvalue weighted by atomic mass is 10.1. The summed E-state index contributed by atoms with van der Waals surface area (Å²) in [5.74, 6) is 1.88. The lowest BCUT2D eigenvalue weighted by molar-refractivity contribution is -0.126. The van der Waals surface area contributed by atoms with Crippen LogP contribution < -0.4 is 5.32 Å². The van der Waals surface area contributed by atoms with Crippen molar-refractivity contribution in [2.75, 3.05) is 7.05 Å². The molecule has 1 fully saturated rings. The molecule has 1 amide bonds. The van der Waals surface area contributed by atoms with E-state index in [-0.39, 0.29) is 11.9 Å². The third-order valence-corrected chi connectivity index (χ3v) is 4.23. The highest BCUT2D eigenvalue weighted by Gasteiger charge is 2.24. The van der Waals surface area contributed by atoms with Crippen molar-refractivity contribution in [3.63, 3.8) is 0 Å². The number of hydrogen-bond donors (Lipinski definition) is 1. The number of rotatable bonds is 7. The van der Waals surface area contributed by atoms with Gasteiger partial charge in [0.2, 0.25) is 11.8 Å². The molecule has 1 unspecified atom stereocenters. The molecule has 1 heterocycles. The van der Waals surface area contributed by atoms with Gasteiger partial charge in [0.15, 0.2) is 5.82 Å². The monoisotopic (exact) mass is 308 g/mol. The molecule has 1 saturated carbocycles. The zero-order chi connectivity index (χ0) is 16.1. The minimum absolute atomic E-state index is 0.0836. The van der Waals surface area contributed by atoms with Crippen LogP contribution >= 0.6 is 0 Å². The number of aromatic nitrogens is 2. The molecule has 1 aliphatic rings. The van der Waals surface area contributed by atoms with Crippen LogP contribution in [0.3, 0.4) is 0 Å². The normalized spacial score (nSPS) is 17.4. The van der Waals surface area contributed by atoms with E-state index in [1.54, 1.807) is 0 Å². The van der Waals surface area contributed by atoms with Gasteiger partial charge in [0.1, 0.15) is 0 Å². The van der Waals surface area contributed by atoms with Crippen LogP contribution in [0.1, 0.15) is 58.2 Å². The highest BCUT2D eigenvalue weighted by molar-refractivity contribution is 5.81. The number of carbonyl (C=O) groups is 1. The third kappa shape index (κ3) is 4.80. The Bertz CT molecular complexity index is 480. The second kappa shape index (κ2) is 7.72. The Balaban J connectivity index is 1.83. The molecule has 1 aromatic rings. The highest BCUT2D eigenvalue weighted by atomic mass is 16.5. The van der Waals surface area contributed by atoms with Gasteiger partial charge >= 0.3 is 0 Å². The minimum Gasteiger partial charge on any atom is -0.352 e. The van der Waals surface area contributed by atoms with Crippen molar-refractivity contribution in [3.8, 4) is 0 Å². The highest BCUT2D eigenvalue weighted by Crippen LogP contribution is 2.18. The fourth-order valence-electron chi connectivity index (χ4n) is 2.74. The van der Waals surface area contributed by atoms with E-state index < -0.39 is 0 Å². The van der Waals surface area contributed by atoms with E-state index in [1.165, 1.54) is 12.8 Å². The molecule has 1 aromatic heterocycles. The summed E-state index contributed by atoms with van der Waals surface area (Å²) < 4.78 is 5.24. The van der Waals surface area contributed by atoms with Gasteiger partial charge in [-0.25, -0.2) is 0 Å². The first-order valence-corrected chi connectivity index (χ1v) is 8.27. The summed E-state index contributed by atoms with van der Waals surface area (Å²) in [5, 5.41) is 7.13. The topological polar surface area (TPSA) is 71.3 Å². The van der Waals surface area contributed by atoms with E-state index in [9.17, 15) is 4.79 Å². The van der Waals surface area contributed by atoms with Crippen LogP contribution in [0.2, 0.25) is 0 Å². The zero-order valence-electron chi connectivity index (χ0n) is 14.1. The number of amides is 1. The largest absolute Gasteiger partial charge is 0.352 e. The van der Waals surface area contributed by atoms with E-state index in [2.05, 4.69) is 29.3 Å². The molecule has 22 heavy (non-hydrogen) atoms. The maximum Gasteiger partial charge on any atom is 0.237 e. The number of nitrogens with one attached hydrogen (secondary N) is 1. The van der Waals surface area contributed by atoms with Gasteiger partial charge in [-0.3, -0.25) is 9.69 Å². The Labute approximate surface area is 132 Å². The van der Waals surface area contributed by atoms with Crippen molar-refractivity contribution in [2.24, 2.45) is 5.92 Å². The molecule has 6 nitrogen and oxygen atoms in total. The molecule has 0 aliphatic heterocycles. The van der Waals surface area contributed by atoms with Crippen molar-refractivity contribution in [1.29, 1.82) is 0 Å². The van der Waals surface area contributed by atoms with Gasteiger partial charge in [-0.2, -0.15) is 4.98 Å². The average molecular weight is 308 g/mol. The summed E-state index contributed by atoms with van der Waals surface area (Å²) in [5.41, 5.74) is 0. The first kappa shape index (κ1) is 16.9. The van der Waals surface area contributed by atoms with Crippen LogP contribution in [0.25, 0.3) is 0 Å². The fourth-order valence-corrected chi connectivity index (χ4v) is 2.74. The van der Waals surface area contributed by atoms with Gasteiger partial charge in [-0.15, -0.1) is 0 Å². The van der Waals surface area contributed by atoms with E-state index in [1.807, 2.05) is 18.9 Å². The Kier molecular flexibility index (Phi) is 5.94. The Morgan fingerprint density at radius 1 is 1.36 bits per heavy atom. The summed E-state index contributed by atoms with van der Waals surface area (Å²) in [4.78, 5) is 18.6. The van der Waals surface area contributed by atoms with E-state index in [0.717, 1.165) is 19.3 Å². The van der Waals surface area contributed by atoms with Crippen LogP contribution in [0.15, 0.2) is 4.52 Å². The maximum absolute atomic E-state index is 12.3. The second-order valence-electron chi connectivity index (χ2n) is 6.78. The minimum atomic E-state index is -0.201. The summed E-state index contributed by atoms with van der Waals surface area (Å²) >= 11 is 0. The lowest BCUT2D eigenvalue weighted by Gasteiger charge is -2.24. The van der Waals surface area contributed by atoms with Crippen molar-refractivity contribution in [2.45, 2.75) is 71.5 Å². The molecule has 0 saturated heterocycles. The second-order valence-corrected chi connectivity index (χ2v) is 6.78. The third-order valence-electron chi connectivity index (χ3n) is 4.23. The van der Waals surface area contributed by atoms with Crippen molar-refractivity contribution < 1.29 is 9.32 Å². The zero-order valence-corrected chi connectivity index (χ0v) is 14.1. The molecule has 124 valence electrons. The first-order valence-electron chi connectivity index (χ1n) is 8.27. The standard InChI is InChI=1S/C16H28N4O2/c1-11(2)9-15-18-14(19-22-15)10-20(4)12(3)16(21)17-13-7-5-6-8-13/h11-13H,5-10H2,1-4H3,(H,17,21). The summed E-state index contributed by atoms with van der Waals surface area (Å²) in [7, 11) is 1.91. The van der Waals surface area contributed by atoms with Crippen LogP contribution in [0.5, 0.6) is 0 Å². The van der Waals surface area contributed by atoms with Crippen LogP contribution in [-0.4, -0.2) is 40.1 Å². The van der Waals surface area contributed by atoms with E-state index in [0.29, 0.717) is 30.2 Å². The summed E-state index contributed by atoms with van der Waals surface area (Å²) in [6, 6.07) is 0.152. The maximum atomic E-state index is 12.3. The average Bonchev–Trinajstić information content (AvgIpc) is 3.09. The van der Waals surface area contributed by atoms with Gasteiger partial charge in [0.25, 0.3) is 0 Å². The van der Waals surface area contributed by atoms with Crippen LogP contribution in [0.4, 0.5) is 0 Å². The number of hydrogen-bond acceptors (Lipinski definition) is 5. The Morgan fingerprint density at radius 2 is 2.05 bits per heavy atom. The number of nitrogens with zero attached hydrogens (tertiary/aromatic N) is 3. The van der Waals surface area contributed by atoms with Gasteiger partial charge in [-0.05, 0) is 32.7 Å². The Morgan fingerprint density at radius 3 is 2.68 bits per heavy atom. The number of carbonyl (C=O) groups excluding carboxylic acids is 1. The SMILES string of the molecule is CC(C)Cc1nc(CN(C)C(C)C(=O)NC2CCCC2)no1. The van der Waals surface area contributed by atoms with Crippen LogP contribution in [0, 0.1) is 5.92 Å². The smallest absolute Gasteiger partial charge is 0.237 e. The van der Waals surface area contributed by atoms with Gasteiger partial charge in [0.05, 0.1) is 12.6 Å². The molecular formula is C16H28N4O2. The molecule has 0 aromatic carbocycles. The number of likely N-dealkylation sites (N-methyl/N-ethyl adjacent to an activating group) is 1. The molecule has 0 spiro atoms. The molecular weight excluding hydrogens is 280 g/mol. The lowest BCUT2D eigenvalue weighted by Crippen LogP contribution is -2.46. The summed E-state index contributed by atoms with van der Waals surface area (Å²) in [6.07, 6.45) is 5.43. The first-order chi connectivity index (χ1) is 10.5. The Hall–Kier alpha value is -1.43. The van der Waals surface area contributed by atoms with Gasteiger partial charge < -0.3 is 9.84 Å². The van der Waals surface area contributed by atoms with E-state index >= 15 is 0 Å². The molecule has 0 bridgehead atoms. The molecule has 1 aliphatic carbocycles. The van der Waals surface area contributed by atoms with Crippen molar-refractivity contribution >= 4 is 5.91 Å². The van der Waals surface area contributed by atoms with Gasteiger partial charge in [0, 0.05) is 12.5 Å². The van der Waals surface area contributed by atoms with Crippen LogP contribution in [-0.2, 0) is 17.8 Å². The molecule has 6 heteroatoms. The quantitative estimate of drug-likeness (QED) is 0.835. The predicted octanol–water partition coefficient (Wildman–Crippen LogP) is 2.15. The van der Waals surface area contributed by atoms with Crippen molar-refractivity contribution in [3.05, 3.63) is 11.7 Å². The molecule has 1 atom stereocenters. The summed E-state index contributed by atoms with van der Waals surface area (Å²) in [6.45, 7) is 6.66. The van der Waals surface area contributed by atoms with E-state index in [4.69, 9.17) is 4.52 Å². The molecule has 2 rings (SSSR count). The van der Waals surface area contributed by atoms with Gasteiger partial charge in [-0.1, -0.05) is 31.8 Å². The van der Waals surface area contributed by atoms with Crippen molar-refractivity contribution in [1.82, 2.24) is 20.4 Å². The predicted molar refractivity (Wildman–Crippen MR) is 84.2 cm³/mol. The molecule has 1 N–H and O–H groups in total.